The highest BCUT2D eigenvalue weighted by molar-refractivity contribution is 6.56. The molecule has 2 N–H and O–H groups in total. The van der Waals surface area contributed by atoms with E-state index in [4.69, 9.17) is 23.2 Å². The molecule has 3 rings (SSSR count). The minimum atomic E-state index is -0.774. The first-order valence-corrected chi connectivity index (χ1v) is 8.86. The van der Waals surface area contributed by atoms with Crippen LogP contribution in [0.25, 0.3) is 0 Å². The van der Waals surface area contributed by atoms with Crippen LogP contribution in [0.2, 0.25) is 0 Å². The van der Waals surface area contributed by atoms with Crippen molar-refractivity contribution in [1.29, 1.82) is 0 Å². The lowest BCUT2D eigenvalue weighted by molar-refractivity contribution is -0.385. The number of nitro groups is 2. The summed E-state index contributed by atoms with van der Waals surface area (Å²) < 4.78 is 0. The second-order valence-corrected chi connectivity index (χ2v) is 6.65. The molecule has 0 radical (unpaired) electrons. The van der Waals surface area contributed by atoms with Crippen molar-refractivity contribution >= 4 is 57.5 Å². The van der Waals surface area contributed by atoms with Gasteiger partial charge in [0.25, 0.3) is 11.4 Å². The molecule has 0 aromatic heterocycles. The summed E-state index contributed by atoms with van der Waals surface area (Å²) in [5.41, 5.74) is -0.305. The maximum atomic E-state index is 12.6. The van der Waals surface area contributed by atoms with Crippen molar-refractivity contribution in [2.24, 2.45) is 0 Å². The first kappa shape index (κ1) is 21.0. The SMILES string of the molecule is O=C1C(Cl)=C(Nc2ccc([N+](=O)[O-])cc2)C(=O)C(Cl)=C1Nc1ccc([N+](=O)[O-])cc1. The number of Topliss-reactive ketones (excluding diaryl/α,β-unsaturated/α-hetero) is 2. The van der Waals surface area contributed by atoms with Gasteiger partial charge in [-0.1, -0.05) is 23.2 Å². The lowest BCUT2D eigenvalue weighted by Gasteiger charge is -2.20. The number of carbonyl (C=O) groups is 2. The van der Waals surface area contributed by atoms with Gasteiger partial charge in [-0.3, -0.25) is 29.8 Å². The molecule has 12 heteroatoms. The van der Waals surface area contributed by atoms with E-state index in [1.54, 1.807) is 0 Å². The van der Waals surface area contributed by atoms with Crippen molar-refractivity contribution in [3.8, 4) is 0 Å². The fraction of sp³-hybridized carbons (Fsp3) is 0. The molecule has 0 spiro atoms. The van der Waals surface area contributed by atoms with Gasteiger partial charge in [-0.05, 0) is 24.3 Å². The van der Waals surface area contributed by atoms with Gasteiger partial charge in [0.15, 0.2) is 0 Å². The van der Waals surface area contributed by atoms with Crippen molar-refractivity contribution in [3.05, 3.63) is 90.2 Å². The molecule has 0 saturated carbocycles. The number of carbonyl (C=O) groups excluding carboxylic acids is 2. The van der Waals surface area contributed by atoms with E-state index < -0.39 is 31.5 Å². The van der Waals surface area contributed by atoms with E-state index in [2.05, 4.69) is 10.6 Å². The highest BCUT2D eigenvalue weighted by atomic mass is 35.5. The van der Waals surface area contributed by atoms with Crippen LogP contribution in [0.4, 0.5) is 22.7 Å². The van der Waals surface area contributed by atoms with Crippen LogP contribution in [0.15, 0.2) is 70.0 Å². The number of nitrogens with one attached hydrogen (secondary N) is 2. The molecule has 2 aromatic carbocycles. The molecule has 0 saturated heterocycles. The summed E-state index contributed by atoms with van der Waals surface area (Å²) in [4.78, 5) is 45.5. The molecule has 1 aliphatic carbocycles. The number of nitro benzene ring substituents is 2. The molecule has 30 heavy (non-hydrogen) atoms. The van der Waals surface area contributed by atoms with Crippen LogP contribution in [0.3, 0.4) is 0 Å². The Morgan fingerprint density at radius 3 is 1.20 bits per heavy atom. The number of rotatable bonds is 6. The van der Waals surface area contributed by atoms with Gasteiger partial charge >= 0.3 is 0 Å². The van der Waals surface area contributed by atoms with Crippen molar-refractivity contribution in [2.45, 2.75) is 0 Å². The lowest BCUT2D eigenvalue weighted by atomic mass is 10.0. The Morgan fingerprint density at radius 2 is 0.933 bits per heavy atom. The third-order valence-electron chi connectivity index (χ3n) is 3.99. The Morgan fingerprint density at radius 1 is 0.633 bits per heavy atom. The molecular formula is C18H10Cl2N4O6. The predicted molar refractivity (Wildman–Crippen MR) is 109 cm³/mol. The minimum Gasteiger partial charge on any atom is -0.351 e. The number of hydrogen-bond donors (Lipinski definition) is 2. The van der Waals surface area contributed by atoms with Gasteiger partial charge in [-0.15, -0.1) is 0 Å². The average Bonchev–Trinajstić information content (AvgIpc) is 2.73. The van der Waals surface area contributed by atoms with Crippen molar-refractivity contribution in [2.75, 3.05) is 10.6 Å². The Balaban J connectivity index is 1.84. The molecular weight excluding hydrogens is 439 g/mol. The Hall–Kier alpha value is -3.76. The van der Waals surface area contributed by atoms with Crippen LogP contribution in [0.1, 0.15) is 0 Å². The van der Waals surface area contributed by atoms with E-state index >= 15 is 0 Å². The number of allylic oxidation sites excluding steroid dienone is 2. The normalized spacial score (nSPS) is 14.1. The van der Waals surface area contributed by atoms with E-state index in [1.165, 1.54) is 48.5 Å². The minimum absolute atomic E-state index is 0.154. The number of halogens is 2. The number of hydrogen-bond acceptors (Lipinski definition) is 8. The molecule has 2 aromatic rings. The Kier molecular flexibility index (Phi) is 5.81. The maximum Gasteiger partial charge on any atom is 0.269 e. The van der Waals surface area contributed by atoms with Gasteiger partial charge in [-0.25, -0.2) is 0 Å². The summed E-state index contributed by atoms with van der Waals surface area (Å²) in [7, 11) is 0. The lowest BCUT2D eigenvalue weighted by Crippen LogP contribution is -2.27. The van der Waals surface area contributed by atoms with Gasteiger partial charge < -0.3 is 10.6 Å². The molecule has 0 bridgehead atoms. The highest BCUT2D eigenvalue weighted by Gasteiger charge is 2.33. The molecule has 0 heterocycles. The van der Waals surface area contributed by atoms with Crippen molar-refractivity contribution in [1.82, 2.24) is 0 Å². The second kappa shape index (κ2) is 8.31. The number of non-ortho nitro benzene ring substituents is 2. The fourth-order valence-electron chi connectivity index (χ4n) is 2.49. The first-order chi connectivity index (χ1) is 14.2. The third kappa shape index (κ3) is 4.14. The van der Waals surface area contributed by atoms with Crippen molar-refractivity contribution < 1.29 is 19.4 Å². The molecule has 0 aliphatic heterocycles. The first-order valence-electron chi connectivity index (χ1n) is 8.11. The Bertz CT molecular complexity index is 1050. The van der Waals surface area contributed by atoms with Gasteiger partial charge in [0.05, 0.1) is 9.85 Å². The van der Waals surface area contributed by atoms with Crippen LogP contribution in [0, 0.1) is 20.2 Å². The number of anilines is 2. The summed E-state index contributed by atoms with van der Waals surface area (Å²) in [5.74, 6) is -1.55. The zero-order valence-electron chi connectivity index (χ0n) is 14.7. The van der Waals surface area contributed by atoms with Crippen LogP contribution in [-0.4, -0.2) is 21.4 Å². The zero-order valence-corrected chi connectivity index (χ0v) is 16.2. The van der Waals surface area contributed by atoms with E-state index in [9.17, 15) is 29.8 Å². The summed E-state index contributed by atoms with van der Waals surface area (Å²) in [6.45, 7) is 0. The molecule has 1 aliphatic rings. The van der Waals surface area contributed by atoms with E-state index in [0.717, 1.165) is 0 Å². The topological polar surface area (TPSA) is 144 Å². The quantitative estimate of drug-likeness (QED) is 0.381. The maximum absolute atomic E-state index is 12.6. The van der Waals surface area contributed by atoms with Gasteiger partial charge in [-0.2, -0.15) is 0 Å². The molecule has 0 fully saturated rings. The predicted octanol–water partition coefficient (Wildman–Crippen LogP) is 4.08. The fourth-order valence-corrected chi connectivity index (χ4v) is 2.95. The molecule has 0 atom stereocenters. The molecule has 0 unspecified atom stereocenters. The van der Waals surface area contributed by atoms with E-state index in [0.29, 0.717) is 0 Å². The molecule has 0 amide bonds. The largest absolute Gasteiger partial charge is 0.351 e. The highest BCUT2D eigenvalue weighted by Crippen LogP contribution is 2.31. The number of ketones is 2. The average molecular weight is 449 g/mol. The van der Waals surface area contributed by atoms with Crippen LogP contribution in [-0.2, 0) is 9.59 Å². The smallest absolute Gasteiger partial charge is 0.269 e. The molecule has 152 valence electrons. The Labute approximate surface area is 178 Å². The summed E-state index contributed by atoms with van der Waals surface area (Å²) >= 11 is 12.1. The van der Waals surface area contributed by atoms with Crippen molar-refractivity contribution in [3.63, 3.8) is 0 Å². The van der Waals surface area contributed by atoms with Gasteiger partial charge in [0.2, 0.25) is 11.6 Å². The van der Waals surface area contributed by atoms with Crippen LogP contribution >= 0.6 is 23.2 Å². The molecule has 10 nitrogen and oxygen atoms in total. The summed E-state index contributed by atoms with van der Waals surface area (Å²) in [6.07, 6.45) is 0. The van der Waals surface area contributed by atoms with Crippen LogP contribution < -0.4 is 10.6 Å². The summed E-state index contributed by atoms with van der Waals surface area (Å²) in [6, 6.07) is 10.2. The van der Waals surface area contributed by atoms with E-state index in [1.807, 2.05) is 0 Å². The van der Waals surface area contributed by atoms with Crippen LogP contribution in [0.5, 0.6) is 0 Å². The monoisotopic (exact) mass is 448 g/mol. The van der Waals surface area contributed by atoms with Gasteiger partial charge in [0.1, 0.15) is 21.5 Å². The number of nitrogens with zero attached hydrogens (tertiary/aromatic N) is 2. The number of benzene rings is 2. The third-order valence-corrected chi connectivity index (χ3v) is 4.71. The standard InChI is InChI=1S/C18H10Cl2N4O6/c19-13-15(21-9-1-5-11(6-2-9)23(27)28)17(25)14(20)16(18(13)26)22-10-3-7-12(8-4-10)24(29)30/h1-8,21-22H. The van der Waals surface area contributed by atoms with E-state index in [-0.39, 0.29) is 34.1 Å². The summed E-state index contributed by atoms with van der Waals surface area (Å²) in [5, 5.41) is 25.9. The second-order valence-electron chi connectivity index (χ2n) is 5.89. The zero-order chi connectivity index (χ0) is 22.0. The van der Waals surface area contributed by atoms with Gasteiger partial charge in [0, 0.05) is 35.6 Å².